The van der Waals surface area contributed by atoms with E-state index in [0.29, 0.717) is 30.8 Å². The molecule has 1 heterocycles. The van der Waals surface area contributed by atoms with Crippen LogP contribution in [0.4, 0.5) is 8.78 Å². The molecule has 0 spiro atoms. The fraction of sp³-hybridized carbons (Fsp3) is 0.278. The molecule has 0 bridgehead atoms. The van der Waals surface area contributed by atoms with Crippen molar-refractivity contribution in [2.75, 3.05) is 26.7 Å². The van der Waals surface area contributed by atoms with Crippen LogP contribution in [0.2, 0.25) is 0 Å². The Balaban J connectivity index is 1.81. The van der Waals surface area contributed by atoms with Gasteiger partial charge in [-0.25, -0.2) is 8.78 Å². The summed E-state index contributed by atoms with van der Waals surface area (Å²) in [6, 6.07) is 12.0. The maximum atomic E-state index is 14.1. The lowest BCUT2D eigenvalue weighted by Crippen LogP contribution is -2.49. The lowest BCUT2D eigenvalue weighted by molar-refractivity contribution is 0.0540. The molecule has 120 valence electrons. The van der Waals surface area contributed by atoms with Crippen molar-refractivity contribution in [2.45, 2.75) is 6.04 Å². The molecule has 0 aliphatic carbocycles. The summed E-state index contributed by atoms with van der Waals surface area (Å²) >= 11 is 0. The van der Waals surface area contributed by atoms with Gasteiger partial charge in [-0.1, -0.05) is 18.2 Å². The molecular weight excluding hydrogens is 298 g/mol. The average molecular weight is 316 g/mol. The summed E-state index contributed by atoms with van der Waals surface area (Å²) < 4.78 is 27.1. The van der Waals surface area contributed by atoms with Crippen molar-refractivity contribution in [1.29, 1.82) is 0 Å². The van der Waals surface area contributed by atoms with Gasteiger partial charge in [0.1, 0.15) is 11.6 Å². The monoisotopic (exact) mass is 316 g/mol. The first-order valence-corrected chi connectivity index (χ1v) is 7.56. The topological polar surface area (TPSA) is 23.6 Å². The Morgan fingerprint density at radius 2 is 1.74 bits per heavy atom. The molecule has 0 radical (unpaired) electrons. The first-order chi connectivity index (χ1) is 11.1. The number of likely N-dealkylation sites (N-methyl/N-ethyl adjacent to an activating group) is 1. The highest BCUT2D eigenvalue weighted by atomic mass is 19.1. The third-order valence-electron chi connectivity index (χ3n) is 4.29. The standard InChI is InChI=1S/C18H18F2N2O/c1-21-10-11-22(18(23)13-6-8-14(19)9-7-13)12-17(21)15-4-2-3-5-16(15)20/h2-9,17H,10-12H2,1H3. The highest BCUT2D eigenvalue weighted by Gasteiger charge is 2.30. The van der Waals surface area contributed by atoms with Crippen LogP contribution in [-0.2, 0) is 0 Å². The predicted octanol–water partition coefficient (Wildman–Crippen LogP) is 3.09. The van der Waals surface area contributed by atoms with Crippen LogP contribution >= 0.6 is 0 Å². The van der Waals surface area contributed by atoms with Gasteiger partial charge in [-0.15, -0.1) is 0 Å². The average Bonchev–Trinajstić information content (AvgIpc) is 2.56. The highest BCUT2D eigenvalue weighted by molar-refractivity contribution is 5.94. The molecule has 0 saturated carbocycles. The van der Waals surface area contributed by atoms with Crippen molar-refractivity contribution in [3.8, 4) is 0 Å². The number of rotatable bonds is 2. The van der Waals surface area contributed by atoms with Crippen molar-refractivity contribution in [1.82, 2.24) is 9.80 Å². The van der Waals surface area contributed by atoms with E-state index in [9.17, 15) is 13.6 Å². The Kier molecular flexibility index (Phi) is 4.39. The van der Waals surface area contributed by atoms with Crippen LogP contribution in [0.15, 0.2) is 48.5 Å². The number of hydrogen-bond donors (Lipinski definition) is 0. The van der Waals surface area contributed by atoms with E-state index < -0.39 is 0 Å². The summed E-state index contributed by atoms with van der Waals surface area (Å²) in [7, 11) is 1.93. The fourth-order valence-electron chi connectivity index (χ4n) is 2.91. The third kappa shape index (κ3) is 3.24. The molecule has 1 aliphatic rings. The first-order valence-electron chi connectivity index (χ1n) is 7.56. The van der Waals surface area contributed by atoms with E-state index in [4.69, 9.17) is 0 Å². The normalized spacial score (nSPS) is 18.9. The number of hydrogen-bond acceptors (Lipinski definition) is 2. The predicted molar refractivity (Wildman–Crippen MR) is 84.1 cm³/mol. The maximum Gasteiger partial charge on any atom is 0.253 e. The minimum atomic E-state index is -0.371. The van der Waals surface area contributed by atoms with Gasteiger partial charge in [-0.05, 0) is 37.4 Å². The second kappa shape index (κ2) is 6.46. The minimum Gasteiger partial charge on any atom is -0.335 e. The van der Waals surface area contributed by atoms with Crippen LogP contribution in [0.5, 0.6) is 0 Å². The Hall–Kier alpha value is -2.27. The SMILES string of the molecule is CN1CCN(C(=O)c2ccc(F)cc2)CC1c1ccccc1F. The Morgan fingerprint density at radius 1 is 1.04 bits per heavy atom. The highest BCUT2D eigenvalue weighted by Crippen LogP contribution is 2.26. The molecule has 23 heavy (non-hydrogen) atoms. The molecule has 1 aliphatic heterocycles. The van der Waals surface area contributed by atoms with Gasteiger partial charge in [0.25, 0.3) is 5.91 Å². The van der Waals surface area contributed by atoms with E-state index in [1.54, 1.807) is 23.1 Å². The van der Waals surface area contributed by atoms with Crippen molar-refractivity contribution < 1.29 is 13.6 Å². The van der Waals surface area contributed by atoms with Gasteiger partial charge in [0.15, 0.2) is 0 Å². The van der Waals surface area contributed by atoms with E-state index in [1.165, 1.54) is 30.3 Å². The van der Waals surface area contributed by atoms with Gasteiger partial charge in [0.2, 0.25) is 0 Å². The molecule has 3 rings (SSSR count). The zero-order valence-corrected chi connectivity index (χ0v) is 12.9. The maximum absolute atomic E-state index is 14.1. The van der Waals surface area contributed by atoms with Gasteiger partial charge in [0, 0.05) is 30.8 Å². The minimum absolute atomic E-state index is 0.153. The van der Waals surface area contributed by atoms with Gasteiger partial charge in [-0.3, -0.25) is 9.69 Å². The van der Waals surface area contributed by atoms with Crippen molar-refractivity contribution >= 4 is 5.91 Å². The number of benzene rings is 2. The van der Waals surface area contributed by atoms with Crippen LogP contribution in [-0.4, -0.2) is 42.4 Å². The Bertz CT molecular complexity index is 702. The van der Waals surface area contributed by atoms with Crippen molar-refractivity contribution in [2.24, 2.45) is 0 Å². The molecule has 0 N–H and O–H groups in total. The molecule has 3 nitrogen and oxygen atoms in total. The molecule has 2 aromatic carbocycles. The second-order valence-corrected chi connectivity index (χ2v) is 5.78. The van der Waals surface area contributed by atoms with E-state index in [2.05, 4.69) is 0 Å². The molecule has 1 amide bonds. The van der Waals surface area contributed by atoms with Crippen molar-refractivity contribution in [3.63, 3.8) is 0 Å². The molecule has 1 unspecified atom stereocenters. The van der Waals surface area contributed by atoms with E-state index >= 15 is 0 Å². The summed E-state index contributed by atoms with van der Waals surface area (Å²) in [6.45, 7) is 1.64. The summed E-state index contributed by atoms with van der Waals surface area (Å²) in [4.78, 5) is 16.3. The summed E-state index contributed by atoms with van der Waals surface area (Å²) in [5, 5.41) is 0. The number of halogens is 2. The fourth-order valence-corrected chi connectivity index (χ4v) is 2.91. The van der Waals surface area contributed by atoms with Crippen LogP contribution < -0.4 is 0 Å². The Labute approximate surface area is 134 Å². The number of piperazine rings is 1. The number of nitrogens with zero attached hydrogens (tertiary/aromatic N) is 2. The largest absolute Gasteiger partial charge is 0.335 e. The number of amides is 1. The molecule has 0 aromatic heterocycles. The van der Waals surface area contributed by atoms with Crippen LogP contribution in [0.1, 0.15) is 22.0 Å². The van der Waals surface area contributed by atoms with E-state index in [1.807, 2.05) is 11.9 Å². The van der Waals surface area contributed by atoms with Crippen LogP contribution in [0.25, 0.3) is 0 Å². The van der Waals surface area contributed by atoms with Crippen LogP contribution in [0, 0.1) is 11.6 Å². The second-order valence-electron chi connectivity index (χ2n) is 5.78. The molecule has 2 aromatic rings. The lowest BCUT2D eigenvalue weighted by Gasteiger charge is -2.39. The summed E-state index contributed by atoms with van der Waals surface area (Å²) in [5.74, 6) is -0.788. The molecule has 5 heteroatoms. The van der Waals surface area contributed by atoms with Crippen LogP contribution in [0.3, 0.4) is 0 Å². The molecular formula is C18H18F2N2O. The van der Waals surface area contributed by atoms with Gasteiger partial charge in [-0.2, -0.15) is 0 Å². The molecule has 1 fully saturated rings. The van der Waals surface area contributed by atoms with Gasteiger partial charge in [0.05, 0.1) is 6.04 Å². The van der Waals surface area contributed by atoms with E-state index in [0.717, 1.165) is 0 Å². The van der Waals surface area contributed by atoms with Gasteiger partial charge < -0.3 is 4.90 Å². The summed E-state index contributed by atoms with van der Waals surface area (Å²) in [5.41, 5.74) is 1.04. The van der Waals surface area contributed by atoms with Crippen molar-refractivity contribution in [3.05, 3.63) is 71.3 Å². The molecule has 1 saturated heterocycles. The number of carbonyl (C=O) groups is 1. The lowest BCUT2D eigenvalue weighted by atomic mass is 10.0. The van der Waals surface area contributed by atoms with Gasteiger partial charge >= 0.3 is 0 Å². The number of carbonyl (C=O) groups excluding carboxylic acids is 1. The smallest absolute Gasteiger partial charge is 0.253 e. The Morgan fingerprint density at radius 3 is 2.43 bits per heavy atom. The zero-order valence-electron chi connectivity index (χ0n) is 12.9. The van der Waals surface area contributed by atoms with E-state index in [-0.39, 0.29) is 23.6 Å². The first kappa shape index (κ1) is 15.6. The summed E-state index contributed by atoms with van der Waals surface area (Å²) in [6.07, 6.45) is 0. The quantitative estimate of drug-likeness (QED) is 0.850. The third-order valence-corrected chi connectivity index (χ3v) is 4.29. The zero-order chi connectivity index (χ0) is 16.4. The molecule has 1 atom stereocenters.